The normalized spacial score (nSPS) is 14.9. The Morgan fingerprint density at radius 3 is 2.65 bits per heavy atom. The number of ether oxygens (including phenoxy) is 2. The predicted octanol–water partition coefficient (Wildman–Crippen LogP) is 1.07. The lowest BCUT2D eigenvalue weighted by Crippen LogP contribution is -2.42. The van der Waals surface area contributed by atoms with Gasteiger partial charge in [-0.2, -0.15) is 9.90 Å². The summed E-state index contributed by atoms with van der Waals surface area (Å²) in [5.74, 6) is 1.00. The molecule has 8 nitrogen and oxygen atoms in total. The summed E-state index contributed by atoms with van der Waals surface area (Å²) in [6, 6.07) is 7.37. The monoisotopic (exact) mass is 359 g/mol. The standard InChI is InChI=1S/C18H25N5O3/c1-12-17(18(24)20-16(11-19)13-3-4-13)22-23(21-12)14-5-7-15(8-6-14)26-10-9-25-2/h5-8,13,16H,3-4,9-11,19H2,1-2H3,(H,20,24). The highest BCUT2D eigenvalue weighted by molar-refractivity contribution is 5.93. The summed E-state index contributed by atoms with van der Waals surface area (Å²) in [4.78, 5) is 14.0. The van der Waals surface area contributed by atoms with E-state index in [2.05, 4.69) is 15.5 Å². The molecule has 3 rings (SSSR count). The van der Waals surface area contributed by atoms with E-state index in [1.165, 1.54) is 4.80 Å². The average molecular weight is 359 g/mol. The second-order valence-electron chi connectivity index (χ2n) is 6.41. The lowest BCUT2D eigenvalue weighted by molar-refractivity contribution is 0.0927. The van der Waals surface area contributed by atoms with Crippen LogP contribution in [0.15, 0.2) is 24.3 Å². The third-order valence-corrected chi connectivity index (χ3v) is 4.38. The summed E-state index contributed by atoms with van der Waals surface area (Å²) in [6.07, 6.45) is 2.24. The second-order valence-corrected chi connectivity index (χ2v) is 6.41. The summed E-state index contributed by atoms with van der Waals surface area (Å²) >= 11 is 0. The summed E-state index contributed by atoms with van der Waals surface area (Å²) in [7, 11) is 1.63. The van der Waals surface area contributed by atoms with Crippen LogP contribution in [0, 0.1) is 12.8 Å². The van der Waals surface area contributed by atoms with Gasteiger partial charge in [0.1, 0.15) is 12.4 Å². The average Bonchev–Trinajstić information content (AvgIpc) is 3.42. The van der Waals surface area contributed by atoms with E-state index in [9.17, 15) is 4.79 Å². The topological polar surface area (TPSA) is 104 Å². The van der Waals surface area contributed by atoms with Crippen molar-refractivity contribution in [2.24, 2.45) is 11.7 Å². The molecule has 1 aromatic carbocycles. The first kappa shape index (κ1) is 18.3. The SMILES string of the molecule is COCCOc1ccc(-n2nc(C)c(C(=O)NC(CN)C3CC3)n2)cc1. The largest absolute Gasteiger partial charge is 0.491 e. The summed E-state index contributed by atoms with van der Waals surface area (Å²) < 4.78 is 10.5. The molecule has 1 saturated carbocycles. The van der Waals surface area contributed by atoms with Crippen molar-refractivity contribution in [2.45, 2.75) is 25.8 Å². The molecule has 8 heteroatoms. The van der Waals surface area contributed by atoms with Crippen LogP contribution >= 0.6 is 0 Å². The van der Waals surface area contributed by atoms with Crippen molar-refractivity contribution >= 4 is 5.91 Å². The maximum absolute atomic E-state index is 12.5. The van der Waals surface area contributed by atoms with Gasteiger partial charge in [-0.1, -0.05) is 0 Å². The number of nitrogens with zero attached hydrogens (tertiary/aromatic N) is 3. The Kier molecular flexibility index (Phi) is 5.85. The molecular formula is C18H25N5O3. The number of hydrogen-bond donors (Lipinski definition) is 2. The van der Waals surface area contributed by atoms with Crippen LogP contribution < -0.4 is 15.8 Å². The number of hydrogen-bond acceptors (Lipinski definition) is 6. The number of carbonyl (C=O) groups is 1. The first-order chi connectivity index (χ1) is 12.6. The Labute approximate surface area is 152 Å². The Bertz CT molecular complexity index is 740. The van der Waals surface area contributed by atoms with Gasteiger partial charge in [-0.25, -0.2) is 0 Å². The van der Waals surface area contributed by atoms with E-state index in [-0.39, 0.29) is 11.9 Å². The van der Waals surface area contributed by atoms with Gasteiger partial charge in [-0.15, -0.1) is 5.10 Å². The molecule has 2 aromatic rings. The molecule has 1 aliphatic carbocycles. The molecule has 1 unspecified atom stereocenters. The number of amides is 1. The Morgan fingerprint density at radius 1 is 1.31 bits per heavy atom. The minimum atomic E-state index is -0.226. The fourth-order valence-electron chi connectivity index (χ4n) is 2.73. The maximum Gasteiger partial charge on any atom is 0.274 e. The van der Waals surface area contributed by atoms with E-state index < -0.39 is 0 Å². The molecule has 0 aliphatic heterocycles. The van der Waals surface area contributed by atoms with Crippen LogP contribution in [0.25, 0.3) is 5.69 Å². The van der Waals surface area contributed by atoms with Gasteiger partial charge >= 0.3 is 0 Å². The molecule has 0 radical (unpaired) electrons. The van der Waals surface area contributed by atoms with Crippen molar-refractivity contribution < 1.29 is 14.3 Å². The molecule has 1 aromatic heterocycles. The van der Waals surface area contributed by atoms with Gasteiger partial charge in [0, 0.05) is 19.7 Å². The molecule has 3 N–H and O–H groups in total. The third kappa shape index (κ3) is 4.39. The van der Waals surface area contributed by atoms with Gasteiger partial charge in [-0.3, -0.25) is 4.79 Å². The number of rotatable bonds is 9. The second kappa shape index (κ2) is 8.29. The predicted molar refractivity (Wildman–Crippen MR) is 96.5 cm³/mol. The first-order valence-electron chi connectivity index (χ1n) is 8.79. The molecule has 0 bridgehead atoms. The fraction of sp³-hybridized carbons (Fsp3) is 0.500. The lowest BCUT2D eigenvalue weighted by Gasteiger charge is -2.14. The van der Waals surface area contributed by atoms with Gasteiger partial charge in [-0.05, 0) is 49.9 Å². The number of aromatic nitrogens is 3. The summed E-state index contributed by atoms with van der Waals surface area (Å²) in [6.45, 7) is 3.23. The van der Waals surface area contributed by atoms with Crippen molar-refractivity contribution in [3.05, 3.63) is 35.7 Å². The molecule has 1 atom stereocenters. The molecule has 1 amide bonds. The number of nitrogens with one attached hydrogen (secondary N) is 1. The van der Waals surface area contributed by atoms with Crippen LogP contribution in [-0.2, 0) is 4.74 Å². The van der Waals surface area contributed by atoms with Gasteiger partial charge in [0.15, 0.2) is 5.69 Å². The number of nitrogens with two attached hydrogens (primary N) is 1. The smallest absolute Gasteiger partial charge is 0.274 e. The number of aryl methyl sites for hydroxylation is 1. The number of carbonyl (C=O) groups excluding carboxylic acids is 1. The molecule has 1 fully saturated rings. The molecule has 1 heterocycles. The van der Waals surface area contributed by atoms with Gasteiger partial charge < -0.3 is 20.5 Å². The quantitative estimate of drug-likeness (QED) is 0.649. The molecule has 1 aliphatic rings. The highest BCUT2D eigenvalue weighted by Gasteiger charge is 2.32. The molecular weight excluding hydrogens is 334 g/mol. The Hall–Kier alpha value is -2.45. The van der Waals surface area contributed by atoms with Crippen LogP contribution in [-0.4, -0.2) is 53.8 Å². The van der Waals surface area contributed by atoms with E-state index in [1.54, 1.807) is 14.0 Å². The Balaban J connectivity index is 1.68. The van der Waals surface area contributed by atoms with Crippen molar-refractivity contribution in [3.8, 4) is 11.4 Å². The molecule has 140 valence electrons. The third-order valence-electron chi connectivity index (χ3n) is 4.38. The Morgan fingerprint density at radius 2 is 2.04 bits per heavy atom. The van der Waals surface area contributed by atoms with Crippen LogP contribution in [0.3, 0.4) is 0 Å². The van der Waals surface area contributed by atoms with Crippen molar-refractivity contribution in [1.29, 1.82) is 0 Å². The van der Waals surface area contributed by atoms with Gasteiger partial charge in [0.25, 0.3) is 5.91 Å². The zero-order chi connectivity index (χ0) is 18.5. The van der Waals surface area contributed by atoms with E-state index in [1.807, 2.05) is 24.3 Å². The first-order valence-corrected chi connectivity index (χ1v) is 8.79. The van der Waals surface area contributed by atoms with Crippen molar-refractivity contribution in [2.75, 3.05) is 26.9 Å². The number of methoxy groups -OCH3 is 1. The molecule has 0 saturated heterocycles. The zero-order valence-electron chi connectivity index (χ0n) is 15.1. The van der Waals surface area contributed by atoms with Gasteiger partial charge in [0.2, 0.25) is 0 Å². The van der Waals surface area contributed by atoms with Crippen molar-refractivity contribution in [3.63, 3.8) is 0 Å². The molecule has 26 heavy (non-hydrogen) atoms. The van der Waals surface area contributed by atoms with E-state index >= 15 is 0 Å². The highest BCUT2D eigenvalue weighted by Crippen LogP contribution is 2.32. The summed E-state index contributed by atoms with van der Waals surface area (Å²) in [5.41, 5.74) is 7.41. The lowest BCUT2D eigenvalue weighted by atomic mass is 10.2. The van der Waals surface area contributed by atoms with Gasteiger partial charge in [0.05, 0.1) is 18.0 Å². The van der Waals surface area contributed by atoms with Crippen LogP contribution in [0.2, 0.25) is 0 Å². The maximum atomic E-state index is 12.5. The number of benzene rings is 1. The molecule has 0 spiro atoms. The van der Waals surface area contributed by atoms with Crippen molar-refractivity contribution in [1.82, 2.24) is 20.3 Å². The summed E-state index contributed by atoms with van der Waals surface area (Å²) in [5, 5.41) is 11.7. The van der Waals surface area contributed by atoms with E-state index in [0.717, 1.165) is 24.3 Å². The van der Waals surface area contributed by atoms with Crippen LogP contribution in [0.4, 0.5) is 0 Å². The minimum Gasteiger partial charge on any atom is -0.491 e. The van der Waals surface area contributed by atoms with E-state index in [0.29, 0.717) is 37.1 Å². The zero-order valence-corrected chi connectivity index (χ0v) is 15.1. The highest BCUT2D eigenvalue weighted by atomic mass is 16.5. The minimum absolute atomic E-state index is 0.00980. The van der Waals surface area contributed by atoms with Crippen LogP contribution in [0.1, 0.15) is 29.0 Å². The fourth-order valence-corrected chi connectivity index (χ4v) is 2.73. The van der Waals surface area contributed by atoms with Crippen LogP contribution in [0.5, 0.6) is 5.75 Å². The van der Waals surface area contributed by atoms with E-state index in [4.69, 9.17) is 15.2 Å².